The summed E-state index contributed by atoms with van der Waals surface area (Å²) in [5.74, 6) is 1.04. The number of aryl methyl sites for hydroxylation is 2. The topological polar surface area (TPSA) is 38.3 Å². The maximum Gasteiger partial charge on any atom is 0.182 e. The molecule has 1 saturated heterocycles. The van der Waals surface area contributed by atoms with Crippen molar-refractivity contribution in [1.29, 1.82) is 0 Å². The number of methoxy groups -OCH3 is 1. The van der Waals surface area contributed by atoms with E-state index in [0.717, 1.165) is 41.8 Å². The standard InChI is InChI=1S/C15H21NO2/c1-10-9-13(18-4)11(2)8-12(10)14(17)15(3)6-5-7-16-15/h8-9,16H,5-7H2,1-4H3. The van der Waals surface area contributed by atoms with Gasteiger partial charge in [-0.15, -0.1) is 0 Å². The van der Waals surface area contributed by atoms with Gasteiger partial charge in [-0.05, 0) is 63.4 Å². The number of Topliss-reactive ketones (excluding diaryl/α,β-unsaturated/α-hetero) is 1. The van der Waals surface area contributed by atoms with Crippen molar-refractivity contribution in [3.05, 3.63) is 28.8 Å². The largest absolute Gasteiger partial charge is 0.496 e. The second-order valence-electron chi connectivity index (χ2n) is 5.33. The van der Waals surface area contributed by atoms with Gasteiger partial charge in [-0.3, -0.25) is 4.79 Å². The van der Waals surface area contributed by atoms with Gasteiger partial charge in [-0.25, -0.2) is 0 Å². The van der Waals surface area contributed by atoms with Crippen LogP contribution in [0.4, 0.5) is 0 Å². The lowest BCUT2D eigenvalue weighted by Gasteiger charge is -2.24. The number of carbonyl (C=O) groups is 1. The lowest BCUT2D eigenvalue weighted by Crippen LogP contribution is -2.44. The average molecular weight is 247 g/mol. The molecule has 1 N–H and O–H groups in total. The van der Waals surface area contributed by atoms with E-state index in [1.54, 1.807) is 7.11 Å². The van der Waals surface area contributed by atoms with E-state index < -0.39 is 5.54 Å². The number of nitrogens with one attached hydrogen (secondary N) is 1. The third kappa shape index (κ3) is 2.15. The Bertz CT molecular complexity index is 474. The van der Waals surface area contributed by atoms with E-state index in [0.29, 0.717) is 0 Å². The Morgan fingerprint density at radius 1 is 1.33 bits per heavy atom. The molecular weight excluding hydrogens is 226 g/mol. The van der Waals surface area contributed by atoms with Gasteiger partial charge in [0.2, 0.25) is 0 Å². The molecule has 0 bridgehead atoms. The molecule has 3 nitrogen and oxygen atoms in total. The number of hydrogen-bond donors (Lipinski definition) is 1. The van der Waals surface area contributed by atoms with Crippen LogP contribution in [0.1, 0.15) is 41.3 Å². The summed E-state index contributed by atoms with van der Waals surface area (Å²) < 4.78 is 5.28. The third-order valence-corrected chi connectivity index (χ3v) is 3.86. The molecule has 1 heterocycles. The van der Waals surface area contributed by atoms with Crippen molar-refractivity contribution in [3.8, 4) is 5.75 Å². The van der Waals surface area contributed by atoms with E-state index in [4.69, 9.17) is 4.74 Å². The summed E-state index contributed by atoms with van der Waals surface area (Å²) in [5, 5.41) is 3.33. The molecule has 98 valence electrons. The molecule has 2 rings (SSSR count). The van der Waals surface area contributed by atoms with Gasteiger partial charge in [0.15, 0.2) is 5.78 Å². The van der Waals surface area contributed by atoms with Gasteiger partial charge < -0.3 is 10.1 Å². The highest BCUT2D eigenvalue weighted by molar-refractivity contribution is 6.04. The van der Waals surface area contributed by atoms with Gasteiger partial charge in [0.1, 0.15) is 5.75 Å². The number of carbonyl (C=O) groups excluding carboxylic acids is 1. The molecule has 3 heteroatoms. The fourth-order valence-electron chi connectivity index (χ4n) is 2.64. The molecule has 1 fully saturated rings. The van der Waals surface area contributed by atoms with Crippen molar-refractivity contribution < 1.29 is 9.53 Å². The van der Waals surface area contributed by atoms with E-state index in [9.17, 15) is 4.79 Å². The molecule has 0 spiro atoms. The average Bonchev–Trinajstić information content (AvgIpc) is 2.79. The minimum atomic E-state index is -0.397. The number of ketones is 1. The predicted octanol–water partition coefficient (Wildman–Crippen LogP) is 2.64. The maximum atomic E-state index is 12.6. The summed E-state index contributed by atoms with van der Waals surface area (Å²) in [6.45, 7) is 6.87. The molecule has 1 unspecified atom stereocenters. The van der Waals surface area contributed by atoms with Crippen LogP contribution in [-0.2, 0) is 0 Å². The third-order valence-electron chi connectivity index (χ3n) is 3.86. The summed E-state index contributed by atoms with van der Waals surface area (Å²) in [6.07, 6.45) is 1.98. The van der Waals surface area contributed by atoms with E-state index >= 15 is 0 Å². The van der Waals surface area contributed by atoms with Gasteiger partial charge in [0, 0.05) is 5.56 Å². The van der Waals surface area contributed by atoms with Gasteiger partial charge >= 0.3 is 0 Å². The summed E-state index contributed by atoms with van der Waals surface area (Å²) in [7, 11) is 1.66. The molecule has 1 aromatic rings. The van der Waals surface area contributed by atoms with Crippen LogP contribution in [0.2, 0.25) is 0 Å². The van der Waals surface area contributed by atoms with Crippen LogP contribution in [0.15, 0.2) is 12.1 Å². The quantitative estimate of drug-likeness (QED) is 0.834. The molecular formula is C15H21NO2. The second-order valence-corrected chi connectivity index (χ2v) is 5.33. The lowest BCUT2D eigenvalue weighted by atomic mass is 9.87. The van der Waals surface area contributed by atoms with Crippen LogP contribution in [0.3, 0.4) is 0 Å². The zero-order valence-electron chi connectivity index (χ0n) is 11.6. The molecule has 0 aromatic heterocycles. The van der Waals surface area contributed by atoms with Crippen molar-refractivity contribution in [1.82, 2.24) is 5.32 Å². The highest BCUT2D eigenvalue weighted by Gasteiger charge is 2.37. The van der Waals surface area contributed by atoms with Crippen molar-refractivity contribution in [2.75, 3.05) is 13.7 Å². The number of benzene rings is 1. The van der Waals surface area contributed by atoms with Crippen LogP contribution in [0.5, 0.6) is 5.75 Å². The number of ether oxygens (including phenoxy) is 1. The first-order valence-corrected chi connectivity index (χ1v) is 6.43. The second kappa shape index (κ2) is 4.73. The molecule has 1 aromatic carbocycles. The molecule has 18 heavy (non-hydrogen) atoms. The number of rotatable bonds is 3. The summed E-state index contributed by atoms with van der Waals surface area (Å²) in [4.78, 5) is 12.6. The minimum absolute atomic E-state index is 0.197. The Morgan fingerprint density at radius 2 is 2.06 bits per heavy atom. The minimum Gasteiger partial charge on any atom is -0.496 e. The highest BCUT2D eigenvalue weighted by Crippen LogP contribution is 2.28. The van der Waals surface area contributed by atoms with Gasteiger partial charge in [0.05, 0.1) is 12.6 Å². The van der Waals surface area contributed by atoms with Gasteiger partial charge in [-0.1, -0.05) is 0 Å². The fourth-order valence-corrected chi connectivity index (χ4v) is 2.64. The van der Waals surface area contributed by atoms with Crippen LogP contribution >= 0.6 is 0 Å². The van der Waals surface area contributed by atoms with Crippen molar-refractivity contribution >= 4 is 5.78 Å². The Morgan fingerprint density at radius 3 is 2.61 bits per heavy atom. The van der Waals surface area contributed by atoms with Crippen molar-refractivity contribution in [3.63, 3.8) is 0 Å². The Hall–Kier alpha value is -1.35. The maximum absolute atomic E-state index is 12.6. The highest BCUT2D eigenvalue weighted by atomic mass is 16.5. The van der Waals surface area contributed by atoms with Crippen molar-refractivity contribution in [2.45, 2.75) is 39.2 Å². The first-order valence-electron chi connectivity index (χ1n) is 6.43. The van der Waals surface area contributed by atoms with Gasteiger partial charge in [0.25, 0.3) is 0 Å². The SMILES string of the molecule is COc1cc(C)c(C(=O)C2(C)CCCN2)cc1C. The molecule has 0 saturated carbocycles. The normalized spacial score (nSPS) is 23.1. The smallest absolute Gasteiger partial charge is 0.182 e. The van der Waals surface area contributed by atoms with E-state index in [2.05, 4.69) is 5.32 Å². The molecule has 1 aliphatic rings. The first kappa shape index (κ1) is 13.1. The van der Waals surface area contributed by atoms with Crippen molar-refractivity contribution in [2.24, 2.45) is 0 Å². The van der Waals surface area contributed by atoms with Gasteiger partial charge in [-0.2, -0.15) is 0 Å². The monoisotopic (exact) mass is 247 g/mol. The predicted molar refractivity (Wildman–Crippen MR) is 72.4 cm³/mol. The fraction of sp³-hybridized carbons (Fsp3) is 0.533. The van der Waals surface area contributed by atoms with Crippen LogP contribution in [0.25, 0.3) is 0 Å². The zero-order chi connectivity index (χ0) is 13.3. The summed E-state index contributed by atoms with van der Waals surface area (Å²) in [5.41, 5.74) is 2.40. The molecule has 0 aliphatic carbocycles. The van der Waals surface area contributed by atoms with E-state index in [-0.39, 0.29) is 5.78 Å². The summed E-state index contributed by atoms with van der Waals surface area (Å²) >= 11 is 0. The molecule has 0 radical (unpaired) electrons. The van der Waals surface area contributed by atoms with Crippen LogP contribution < -0.4 is 10.1 Å². The van der Waals surface area contributed by atoms with Crippen LogP contribution in [-0.4, -0.2) is 25.0 Å². The van der Waals surface area contributed by atoms with Crippen LogP contribution in [0, 0.1) is 13.8 Å². The zero-order valence-corrected chi connectivity index (χ0v) is 11.6. The molecule has 1 aliphatic heterocycles. The Balaban J connectivity index is 2.39. The Labute approximate surface area is 109 Å². The lowest BCUT2D eigenvalue weighted by molar-refractivity contribution is 0.0883. The van der Waals surface area contributed by atoms with E-state index in [1.807, 2.05) is 32.9 Å². The molecule has 0 amide bonds. The Kier molecular flexibility index (Phi) is 3.44. The molecule has 1 atom stereocenters. The van der Waals surface area contributed by atoms with E-state index in [1.165, 1.54) is 0 Å². The first-order chi connectivity index (χ1) is 8.48. The number of hydrogen-bond acceptors (Lipinski definition) is 3. The summed E-state index contributed by atoms with van der Waals surface area (Å²) in [6, 6.07) is 3.89.